The molecule has 0 aromatic heterocycles. The van der Waals surface area contributed by atoms with E-state index in [9.17, 15) is 9.59 Å². The molecule has 0 aliphatic heterocycles. The van der Waals surface area contributed by atoms with E-state index in [0.717, 1.165) is 23.3 Å². The van der Waals surface area contributed by atoms with Crippen molar-refractivity contribution in [3.8, 4) is 5.75 Å². The van der Waals surface area contributed by atoms with Gasteiger partial charge in [-0.15, -0.1) is 0 Å². The van der Waals surface area contributed by atoms with Crippen molar-refractivity contribution in [1.29, 1.82) is 0 Å². The zero-order chi connectivity index (χ0) is 21.4. The number of benzene rings is 2. The topological polar surface area (TPSA) is 58.6 Å². The summed E-state index contributed by atoms with van der Waals surface area (Å²) in [7, 11) is 1.61. The first-order valence-electron chi connectivity index (χ1n) is 9.81. The van der Waals surface area contributed by atoms with Crippen molar-refractivity contribution in [1.82, 2.24) is 10.2 Å². The molecule has 1 N–H and O–H groups in total. The maximum atomic E-state index is 13.1. The number of carbonyl (C=O) groups is 2. The van der Waals surface area contributed by atoms with Gasteiger partial charge in [0.25, 0.3) is 0 Å². The van der Waals surface area contributed by atoms with E-state index in [0.29, 0.717) is 11.6 Å². The highest BCUT2D eigenvalue weighted by atomic mass is 35.5. The number of hydrogen-bond donors (Lipinski definition) is 1. The number of amides is 2. The molecule has 0 saturated heterocycles. The molecule has 2 aromatic rings. The third kappa shape index (κ3) is 6.79. The van der Waals surface area contributed by atoms with Crippen LogP contribution in [0, 0.1) is 0 Å². The molecule has 0 saturated carbocycles. The van der Waals surface area contributed by atoms with E-state index < -0.39 is 6.04 Å². The molecule has 0 radical (unpaired) electrons. The van der Waals surface area contributed by atoms with Crippen LogP contribution in [0.15, 0.2) is 48.5 Å². The van der Waals surface area contributed by atoms with Crippen LogP contribution in [0.1, 0.15) is 38.3 Å². The molecule has 0 heterocycles. The van der Waals surface area contributed by atoms with Crippen molar-refractivity contribution >= 4 is 23.4 Å². The molecule has 6 heteroatoms. The molecule has 2 rings (SSSR count). The number of methoxy groups -OCH3 is 1. The first kappa shape index (κ1) is 22.8. The Kier molecular flexibility index (Phi) is 8.52. The second-order valence-corrected chi connectivity index (χ2v) is 7.60. The molecule has 2 atom stereocenters. The lowest BCUT2D eigenvalue weighted by atomic mass is 10.1. The Labute approximate surface area is 178 Å². The molecule has 0 fully saturated rings. The fourth-order valence-electron chi connectivity index (χ4n) is 2.85. The third-order valence-corrected chi connectivity index (χ3v) is 5.20. The van der Waals surface area contributed by atoms with Gasteiger partial charge < -0.3 is 15.0 Å². The number of nitrogens with zero attached hydrogens (tertiary/aromatic N) is 1. The molecule has 2 aromatic carbocycles. The van der Waals surface area contributed by atoms with Gasteiger partial charge in [0.05, 0.1) is 13.5 Å². The third-order valence-electron chi connectivity index (χ3n) is 4.95. The molecule has 5 nitrogen and oxygen atoms in total. The largest absolute Gasteiger partial charge is 0.497 e. The standard InChI is InChI=1S/C23H29ClN2O3/c1-5-16(2)25-23(28)17(3)26(15-19-8-12-21(29-4)13-9-19)22(27)14-18-6-10-20(24)11-7-18/h6-13,16-17H,5,14-15H2,1-4H3,(H,25,28). The normalized spacial score (nSPS) is 12.7. The van der Waals surface area contributed by atoms with Gasteiger partial charge in [0.1, 0.15) is 11.8 Å². The molecule has 0 aliphatic rings. The summed E-state index contributed by atoms with van der Waals surface area (Å²) in [5.74, 6) is 0.475. The van der Waals surface area contributed by atoms with E-state index in [4.69, 9.17) is 16.3 Å². The van der Waals surface area contributed by atoms with Gasteiger partial charge in [0.2, 0.25) is 11.8 Å². The van der Waals surface area contributed by atoms with Crippen molar-refractivity contribution in [3.63, 3.8) is 0 Å². The van der Waals surface area contributed by atoms with Crippen molar-refractivity contribution in [2.45, 2.75) is 52.2 Å². The zero-order valence-corrected chi connectivity index (χ0v) is 18.2. The number of ether oxygens (including phenoxy) is 1. The summed E-state index contributed by atoms with van der Waals surface area (Å²) in [5, 5.41) is 3.59. The second-order valence-electron chi connectivity index (χ2n) is 7.17. The summed E-state index contributed by atoms with van der Waals surface area (Å²) in [4.78, 5) is 27.4. The van der Waals surface area contributed by atoms with Gasteiger partial charge in [0, 0.05) is 17.6 Å². The van der Waals surface area contributed by atoms with Crippen LogP contribution in [-0.2, 0) is 22.6 Å². The van der Waals surface area contributed by atoms with Gasteiger partial charge in [0.15, 0.2) is 0 Å². The lowest BCUT2D eigenvalue weighted by Crippen LogP contribution is -2.49. The maximum absolute atomic E-state index is 13.1. The van der Waals surface area contributed by atoms with Crippen molar-refractivity contribution in [2.75, 3.05) is 7.11 Å². The maximum Gasteiger partial charge on any atom is 0.242 e. The minimum Gasteiger partial charge on any atom is -0.497 e. The summed E-state index contributed by atoms with van der Waals surface area (Å²) >= 11 is 5.94. The van der Waals surface area contributed by atoms with Crippen molar-refractivity contribution in [3.05, 3.63) is 64.7 Å². The highest BCUT2D eigenvalue weighted by Gasteiger charge is 2.26. The van der Waals surface area contributed by atoms with E-state index in [2.05, 4.69) is 5.32 Å². The van der Waals surface area contributed by atoms with Gasteiger partial charge in [-0.05, 0) is 55.7 Å². The fourth-order valence-corrected chi connectivity index (χ4v) is 2.98. The molecular weight excluding hydrogens is 388 g/mol. The van der Waals surface area contributed by atoms with Crippen LogP contribution < -0.4 is 10.1 Å². The van der Waals surface area contributed by atoms with Gasteiger partial charge in [-0.1, -0.05) is 42.8 Å². The van der Waals surface area contributed by atoms with Crippen LogP contribution in [0.5, 0.6) is 5.75 Å². The number of nitrogens with one attached hydrogen (secondary N) is 1. The van der Waals surface area contributed by atoms with E-state index in [1.807, 2.05) is 50.2 Å². The summed E-state index contributed by atoms with van der Waals surface area (Å²) in [6.45, 7) is 6.07. The molecule has 0 bridgehead atoms. The predicted octanol–water partition coefficient (Wildman–Crippen LogP) is 4.22. The summed E-state index contributed by atoms with van der Waals surface area (Å²) in [5.41, 5.74) is 1.78. The van der Waals surface area contributed by atoms with E-state index in [1.165, 1.54) is 0 Å². The number of rotatable bonds is 9. The molecule has 156 valence electrons. The average molecular weight is 417 g/mol. The van der Waals surface area contributed by atoms with Crippen molar-refractivity contribution < 1.29 is 14.3 Å². The van der Waals surface area contributed by atoms with Crippen molar-refractivity contribution in [2.24, 2.45) is 0 Å². The molecule has 0 spiro atoms. The lowest BCUT2D eigenvalue weighted by molar-refractivity contribution is -0.140. The molecule has 29 heavy (non-hydrogen) atoms. The Morgan fingerprint density at radius 1 is 1.03 bits per heavy atom. The first-order chi connectivity index (χ1) is 13.8. The fraction of sp³-hybridized carbons (Fsp3) is 0.391. The summed E-state index contributed by atoms with van der Waals surface area (Å²) < 4.78 is 5.20. The van der Waals surface area contributed by atoms with E-state index in [1.54, 1.807) is 31.1 Å². The van der Waals surface area contributed by atoms with Crippen LogP contribution in [0.2, 0.25) is 5.02 Å². The van der Waals surface area contributed by atoms with Gasteiger partial charge in [-0.2, -0.15) is 0 Å². The quantitative estimate of drug-likeness (QED) is 0.665. The van der Waals surface area contributed by atoms with Gasteiger partial charge >= 0.3 is 0 Å². The van der Waals surface area contributed by atoms with E-state index in [-0.39, 0.29) is 24.3 Å². The van der Waals surface area contributed by atoms with Crippen LogP contribution in [-0.4, -0.2) is 35.9 Å². The SMILES string of the molecule is CCC(C)NC(=O)C(C)N(Cc1ccc(OC)cc1)C(=O)Cc1ccc(Cl)cc1. The Morgan fingerprint density at radius 3 is 2.17 bits per heavy atom. The average Bonchev–Trinajstić information content (AvgIpc) is 2.73. The van der Waals surface area contributed by atoms with Crippen LogP contribution in [0.3, 0.4) is 0 Å². The highest BCUT2D eigenvalue weighted by molar-refractivity contribution is 6.30. The van der Waals surface area contributed by atoms with Crippen LogP contribution in [0.25, 0.3) is 0 Å². The molecule has 2 amide bonds. The first-order valence-corrected chi connectivity index (χ1v) is 10.2. The van der Waals surface area contributed by atoms with Crippen LogP contribution in [0.4, 0.5) is 0 Å². The number of halogens is 1. The Morgan fingerprint density at radius 2 is 1.62 bits per heavy atom. The minimum atomic E-state index is -0.592. The Hall–Kier alpha value is -2.53. The zero-order valence-electron chi connectivity index (χ0n) is 17.4. The smallest absolute Gasteiger partial charge is 0.242 e. The minimum absolute atomic E-state index is 0.0548. The van der Waals surface area contributed by atoms with E-state index >= 15 is 0 Å². The number of hydrogen-bond acceptors (Lipinski definition) is 3. The highest BCUT2D eigenvalue weighted by Crippen LogP contribution is 2.17. The lowest BCUT2D eigenvalue weighted by Gasteiger charge is -2.30. The summed E-state index contributed by atoms with van der Waals surface area (Å²) in [6, 6.07) is 14.1. The Balaban J connectivity index is 2.21. The molecule has 2 unspecified atom stereocenters. The van der Waals surface area contributed by atoms with Crippen LogP contribution >= 0.6 is 11.6 Å². The number of carbonyl (C=O) groups excluding carboxylic acids is 2. The molecule has 0 aliphatic carbocycles. The second kappa shape index (κ2) is 10.9. The molecular formula is C23H29ClN2O3. The van der Waals surface area contributed by atoms with Gasteiger partial charge in [-0.25, -0.2) is 0 Å². The monoisotopic (exact) mass is 416 g/mol. The summed E-state index contributed by atoms with van der Waals surface area (Å²) in [6.07, 6.45) is 1.03. The van der Waals surface area contributed by atoms with Gasteiger partial charge in [-0.3, -0.25) is 9.59 Å². The Bertz CT molecular complexity index is 806. The predicted molar refractivity (Wildman–Crippen MR) is 116 cm³/mol.